The van der Waals surface area contributed by atoms with Crippen molar-refractivity contribution in [3.63, 3.8) is 0 Å². The number of carbonyl (C=O) groups is 1. The van der Waals surface area contributed by atoms with E-state index in [0.29, 0.717) is 30.9 Å². The maximum atomic E-state index is 13.2. The lowest BCUT2D eigenvalue weighted by Crippen LogP contribution is -2.49. The van der Waals surface area contributed by atoms with Gasteiger partial charge in [0.05, 0.1) is 17.1 Å². The van der Waals surface area contributed by atoms with Crippen molar-refractivity contribution in [1.29, 1.82) is 0 Å². The predicted octanol–water partition coefficient (Wildman–Crippen LogP) is 3.59. The zero-order valence-corrected chi connectivity index (χ0v) is 16.4. The Morgan fingerprint density at radius 1 is 1.29 bits per heavy atom. The van der Waals surface area contributed by atoms with Gasteiger partial charge in [-0.2, -0.15) is 0 Å². The van der Waals surface area contributed by atoms with Crippen LogP contribution >= 0.6 is 0 Å². The third-order valence-electron chi connectivity index (χ3n) is 5.26. The summed E-state index contributed by atoms with van der Waals surface area (Å²) in [5.74, 6) is -0.203. The van der Waals surface area contributed by atoms with Gasteiger partial charge < -0.3 is 15.0 Å². The van der Waals surface area contributed by atoms with Crippen LogP contribution in [-0.4, -0.2) is 42.5 Å². The van der Waals surface area contributed by atoms with Crippen LogP contribution in [0.1, 0.15) is 35.3 Å². The second-order valence-corrected chi connectivity index (χ2v) is 7.33. The summed E-state index contributed by atoms with van der Waals surface area (Å²) in [5, 5.41) is 14.5. The van der Waals surface area contributed by atoms with E-state index in [2.05, 4.69) is 11.4 Å². The minimum Gasteiger partial charge on any atom is -0.383 e. The van der Waals surface area contributed by atoms with Crippen LogP contribution in [0.5, 0.6) is 0 Å². The summed E-state index contributed by atoms with van der Waals surface area (Å²) in [6.45, 7) is 5.47. The Kier molecular flexibility index (Phi) is 5.65. The zero-order chi connectivity index (χ0) is 20.3. The second kappa shape index (κ2) is 7.98. The fraction of sp³-hybridized carbons (Fsp3) is 0.381. The van der Waals surface area contributed by atoms with E-state index in [0.717, 1.165) is 12.0 Å². The molecule has 0 radical (unpaired) electrons. The number of nitrogens with zero attached hydrogens (tertiary/aromatic N) is 2. The first-order chi connectivity index (χ1) is 13.4. The first-order valence-electron chi connectivity index (χ1n) is 9.28. The number of rotatable bonds is 6. The molecule has 7 heteroatoms. The molecule has 1 N–H and O–H groups in total. The van der Waals surface area contributed by atoms with Gasteiger partial charge in [-0.05, 0) is 43.5 Å². The van der Waals surface area contributed by atoms with E-state index in [1.807, 2.05) is 32.0 Å². The average molecular weight is 383 g/mol. The lowest BCUT2D eigenvalue weighted by Gasteiger charge is -2.44. The molecule has 0 atom stereocenters. The van der Waals surface area contributed by atoms with Gasteiger partial charge in [0.25, 0.3) is 11.6 Å². The van der Waals surface area contributed by atoms with E-state index in [1.165, 1.54) is 11.6 Å². The molecule has 0 aromatic heterocycles. The predicted molar refractivity (Wildman–Crippen MR) is 108 cm³/mol. The van der Waals surface area contributed by atoms with E-state index < -0.39 is 10.5 Å². The quantitative estimate of drug-likeness (QED) is 0.468. The molecule has 1 aliphatic heterocycles. The van der Waals surface area contributed by atoms with Crippen LogP contribution in [-0.2, 0) is 16.7 Å². The van der Waals surface area contributed by atoms with Crippen LogP contribution in [0.2, 0.25) is 0 Å². The van der Waals surface area contributed by atoms with Crippen molar-refractivity contribution in [3.8, 4) is 0 Å². The molecule has 28 heavy (non-hydrogen) atoms. The Hall–Kier alpha value is -2.93. The molecule has 0 aliphatic carbocycles. The number of ether oxygens (including phenoxy) is 1. The summed E-state index contributed by atoms with van der Waals surface area (Å²) in [6.07, 6.45) is 0.768. The number of nitro benzene ring substituents is 1. The van der Waals surface area contributed by atoms with Crippen LogP contribution in [0.4, 0.5) is 11.4 Å². The molecule has 0 spiro atoms. The first kappa shape index (κ1) is 19.8. The summed E-state index contributed by atoms with van der Waals surface area (Å²) in [6, 6.07) is 12.7. The molecule has 1 amide bonds. The molecule has 2 aromatic carbocycles. The van der Waals surface area contributed by atoms with Gasteiger partial charge in [-0.15, -0.1) is 0 Å². The molecule has 0 unspecified atom stereocenters. The zero-order valence-electron chi connectivity index (χ0n) is 16.4. The van der Waals surface area contributed by atoms with Crippen molar-refractivity contribution in [1.82, 2.24) is 4.90 Å². The first-order valence-corrected chi connectivity index (χ1v) is 9.28. The summed E-state index contributed by atoms with van der Waals surface area (Å²) in [5.41, 5.74) is 2.44. The number of methoxy groups -OCH3 is 1. The van der Waals surface area contributed by atoms with Crippen LogP contribution < -0.4 is 5.32 Å². The van der Waals surface area contributed by atoms with E-state index >= 15 is 0 Å². The largest absolute Gasteiger partial charge is 0.383 e. The van der Waals surface area contributed by atoms with Gasteiger partial charge >= 0.3 is 0 Å². The van der Waals surface area contributed by atoms with Crippen molar-refractivity contribution < 1.29 is 14.5 Å². The highest BCUT2D eigenvalue weighted by Crippen LogP contribution is 2.36. The lowest BCUT2D eigenvalue weighted by atomic mass is 9.83. The molecular weight excluding hydrogens is 358 g/mol. The summed E-state index contributed by atoms with van der Waals surface area (Å²) in [7, 11) is 1.57. The third-order valence-corrected chi connectivity index (χ3v) is 5.26. The van der Waals surface area contributed by atoms with Crippen molar-refractivity contribution in [3.05, 3.63) is 69.3 Å². The topological polar surface area (TPSA) is 84.7 Å². The molecule has 3 rings (SSSR count). The normalized spacial score (nSPS) is 15.0. The van der Waals surface area contributed by atoms with Gasteiger partial charge in [-0.25, -0.2) is 0 Å². The van der Waals surface area contributed by atoms with E-state index in [4.69, 9.17) is 4.74 Å². The molecule has 0 fully saturated rings. The maximum absolute atomic E-state index is 13.2. The molecule has 148 valence electrons. The van der Waals surface area contributed by atoms with Crippen LogP contribution in [0.3, 0.4) is 0 Å². The van der Waals surface area contributed by atoms with Gasteiger partial charge in [0.2, 0.25) is 0 Å². The molecule has 0 bridgehead atoms. The number of amides is 1. The van der Waals surface area contributed by atoms with Gasteiger partial charge in [-0.3, -0.25) is 14.9 Å². The maximum Gasteiger partial charge on any atom is 0.293 e. The molecule has 0 saturated heterocycles. The SMILES string of the molecule is COCCNc1ccc(C(=O)N2CCc3ccccc3C2(C)C)cc1[N+](=O)[O-]. The van der Waals surface area contributed by atoms with Gasteiger partial charge in [0.1, 0.15) is 5.69 Å². The highest BCUT2D eigenvalue weighted by molar-refractivity contribution is 5.96. The standard InChI is InChI=1S/C21H25N3O4/c1-21(2)17-7-5-4-6-15(17)10-12-23(21)20(25)16-8-9-18(22-11-13-28-3)19(14-16)24(26)27/h4-9,14,22H,10-13H2,1-3H3. The highest BCUT2D eigenvalue weighted by Gasteiger charge is 2.38. The number of benzene rings is 2. The molecular formula is C21H25N3O4. The molecule has 1 aliphatic rings. The lowest BCUT2D eigenvalue weighted by molar-refractivity contribution is -0.384. The summed E-state index contributed by atoms with van der Waals surface area (Å²) < 4.78 is 4.96. The van der Waals surface area contributed by atoms with E-state index in [1.54, 1.807) is 24.1 Å². The number of nitrogens with one attached hydrogen (secondary N) is 1. The number of carbonyl (C=O) groups excluding carboxylic acids is 1. The van der Waals surface area contributed by atoms with E-state index in [-0.39, 0.29) is 11.6 Å². The number of anilines is 1. The highest BCUT2D eigenvalue weighted by atomic mass is 16.6. The van der Waals surface area contributed by atoms with Crippen molar-refractivity contribution in [2.45, 2.75) is 25.8 Å². The number of hydrogen-bond donors (Lipinski definition) is 1. The minimum absolute atomic E-state index is 0.114. The molecule has 1 heterocycles. The van der Waals surface area contributed by atoms with Crippen LogP contribution in [0.25, 0.3) is 0 Å². The smallest absolute Gasteiger partial charge is 0.293 e. The van der Waals surface area contributed by atoms with Crippen LogP contribution in [0.15, 0.2) is 42.5 Å². The Labute approximate surface area is 164 Å². The second-order valence-electron chi connectivity index (χ2n) is 7.33. The number of fused-ring (bicyclic) bond motifs is 1. The Bertz CT molecular complexity index is 895. The van der Waals surface area contributed by atoms with Crippen molar-refractivity contribution >= 4 is 17.3 Å². The van der Waals surface area contributed by atoms with Gasteiger partial charge in [-0.1, -0.05) is 24.3 Å². The third kappa shape index (κ3) is 3.71. The number of hydrogen-bond acceptors (Lipinski definition) is 5. The number of nitro groups is 1. The monoisotopic (exact) mass is 383 g/mol. The van der Waals surface area contributed by atoms with E-state index in [9.17, 15) is 14.9 Å². The Morgan fingerprint density at radius 3 is 2.75 bits per heavy atom. The average Bonchev–Trinajstić information content (AvgIpc) is 2.68. The minimum atomic E-state index is -0.490. The van der Waals surface area contributed by atoms with Gasteiger partial charge in [0, 0.05) is 31.8 Å². The fourth-order valence-electron chi connectivity index (χ4n) is 3.76. The summed E-state index contributed by atoms with van der Waals surface area (Å²) >= 11 is 0. The van der Waals surface area contributed by atoms with Crippen molar-refractivity contribution in [2.75, 3.05) is 32.1 Å². The van der Waals surface area contributed by atoms with Gasteiger partial charge in [0.15, 0.2) is 0 Å². The van der Waals surface area contributed by atoms with Crippen LogP contribution in [0, 0.1) is 10.1 Å². The molecule has 0 saturated carbocycles. The molecule has 2 aromatic rings. The molecule has 7 nitrogen and oxygen atoms in total. The Morgan fingerprint density at radius 2 is 2.04 bits per heavy atom. The Balaban J connectivity index is 1.90. The fourth-order valence-corrected chi connectivity index (χ4v) is 3.76. The summed E-state index contributed by atoms with van der Waals surface area (Å²) in [4.78, 5) is 26.1. The van der Waals surface area contributed by atoms with Crippen molar-refractivity contribution in [2.24, 2.45) is 0 Å².